The monoisotopic (exact) mass is 460 g/mol. The summed E-state index contributed by atoms with van der Waals surface area (Å²) in [6, 6.07) is 12.6. The largest absolute Gasteiger partial charge is 0.487 e. The minimum atomic E-state index is -3.49. The van der Waals surface area contributed by atoms with Gasteiger partial charge in [0.15, 0.2) is 5.75 Å². The van der Waals surface area contributed by atoms with Crippen LogP contribution in [0.2, 0.25) is 0 Å². The molecule has 0 radical (unpaired) electrons. The molecule has 0 saturated heterocycles. The Morgan fingerprint density at radius 1 is 1.12 bits per heavy atom. The maximum Gasteiger partial charge on any atom is 0.311 e. The molecule has 0 saturated carbocycles. The van der Waals surface area contributed by atoms with E-state index in [0.29, 0.717) is 29.6 Å². The van der Waals surface area contributed by atoms with Crippen molar-refractivity contribution in [1.29, 1.82) is 0 Å². The molecule has 0 amide bonds. The van der Waals surface area contributed by atoms with Crippen molar-refractivity contribution in [1.82, 2.24) is 9.97 Å². The lowest BCUT2D eigenvalue weighted by atomic mass is 10.1. The molecule has 0 aliphatic rings. The van der Waals surface area contributed by atoms with E-state index < -0.39 is 15.0 Å². The number of anilines is 1. The Morgan fingerprint density at radius 2 is 1.84 bits per heavy atom. The van der Waals surface area contributed by atoms with Gasteiger partial charge in [-0.25, -0.2) is 9.97 Å². The van der Waals surface area contributed by atoms with Crippen LogP contribution in [0.4, 0.5) is 11.5 Å². The number of benzene rings is 2. The molecule has 0 bridgehead atoms. The SMILES string of the molecule is CC(Nc1ncnc2cc(OCCCCOS(C)(=O)=O)c([N+](=O)[O-])cc12)c1ccccc1. The molecule has 1 heterocycles. The minimum Gasteiger partial charge on any atom is -0.487 e. The summed E-state index contributed by atoms with van der Waals surface area (Å²) < 4.78 is 32.2. The molecule has 0 aliphatic carbocycles. The molecule has 1 unspecified atom stereocenters. The summed E-state index contributed by atoms with van der Waals surface area (Å²) in [7, 11) is -3.49. The van der Waals surface area contributed by atoms with Crippen LogP contribution < -0.4 is 10.1 Å². The molecule has 1 aromatic heterocycles. The molecule has 0 spiro atoms. The number of fused-ring (bicyclic) bond motifs is 1. The first-order chi connectivity index (χ1) is 15.2. The van der Waals surface area contributed by atoms with Gasteiger partial charge < -0.3 is 10.1 Å². The quantitative estimate of drug-likeness (QED) is 0.196. The van der Waals surface area contributed by atoms with Crippen molar-refractivity contribution in [2.24, 2.45) is 0 Å². The first-order valence-electron chi connectivity index (χ1n) is 9.96. The molecule has 3 rings (SSSR count). The molecule has 11 heteroatoms. The number of nitro groups is 1. The molecule has 0 aliphatic heterocycles. The number of nitro benzene ring substituents is 1. The number of rotatable bonds is 11. The average molecular weight is 461 g/mol. The van der Waals surface area contributed by atoms with E-state index in [1.165, 1.54) is 18.5 Å². The number of hydrogen-bond acceptors (Lipinski definition) is 9. The number of unbranched alkanes of at least 4 members (excludes halogenated alkanes) is 1. The van der Waals surface area contributed by atoms with Crippen LogP contribution in [0.25, 0.3) is 10.9 Å². The Kier molecular flexibility index (Phi) is 7.54. The normalized spacial score (nSPS) is 12.4. The van der Waals surface area contributed by atoms with Gasteiger partial charge in [-0.2, -0.15) is 8.42 Å². The molecule has 170 valence electrons. The second-order valence-electron chi connectivity index (χ2n) is 7.17. The fourth-order valence-electron chi connectivity index (χ4n) is 3.07. The van der Waals surface area contributed by atoms with E-state index in [-0.39, 0.29) is 30.7 Å². The summed E-state index contributed by atoms with van der Waals surface area (Å²) in [5.41, 5.74) is 1.35. The van der Waals surface area contributed by atoms with Gasteiger partial charge in [0.1, 0.15) is 12.1 Å². The number of hydrogen-bond donors (Lipinski definition) is 1. The van der Waals surface area contributed by atoms with Crippen molar-refractivity contribution in [3.63, 3.8) is 0 Å². The van der Waals surface area contributed by atoms with Crippen LogP contribution in [0.3, 0.4) is 0 Å². The lowest BCUT2D eigenvalue weighted by Crippen LogP contribution is -2.09. The van der Waals surface area contributed by atoms with E-state index in [0.717, 1.165) is 11.8 Å². The van der Waals surface area contributed by atoms with Gasteiger partial charge in [0, 0.05) is 23.6 Å². The Balaban J connectivity index is 1.76. The molecule has 32 heavy (non-hydrogen) atoms. The summed E-state index contributed by atoms with van der Waals surface area (Å²) in [5, 5.41) is 15.4. The summed E-state index contributed by atoms with van der Waals surface area (Å²) in [6.45, 7) is 2.17. The minimum absolute atomic E-state index is 0.0316. The molecule has 10 nitrogen and oxygen atoms in total. The third-order valence-corrected chi connectivity index (χ3v) is 5.25. The Bertz CT molecular complexity index is 1190. The number of ether oxygens (including phenoxy) is 1. The fourth-order valence-corrected chi connectivity index (χ4v) is 3.49. The predicted molar refractivity (Wildman–Crippen MR) is 120 cm³/mol. The Labute approximate surface area is 185 Å². The molecule has 1 atom stereocenters. The molecular formula is C21H24N4O6S. The highest BCUT2D eigenvalue weighted by Crippen LogP contribution is 2.34. The van der Waals surface area contributed by atoms with Crippen LogP contribution in [0.5, 0.6) is 5.75 Å². The van der Waals surface area contributed by atoms with Crippen LogP contribution in [0, 0.1) is 10.1 Å². The van der Waals surface area contributed by atoms with Crippen LogP contribution in [-0.4, -0.2) is 42.8 Å². The zero-order valence-electron chi connectivity index (χ0n) is 17.7. The van der Waals surface area contributed by atoms with E-state index in [1.807, 2.05) is 37.3 Å². The highest BCUT2D eigenvalue weighted by atomic mass is 32.2. The summed E-state index contributed by atoms with van der Waals surface area (Å²) in [4.78, 5) is 19.6. The summed E-state index contributed by atoms with van der Waals surface area (Å²) >= 11 is 0. The molecule has 3 aromatic rings. The van der Waals surface area contributed by atoms with Gasteiger partial charge in [-0.15, -0.1) is 0 Å². The van der Waals surface area contributed by atoms with Crippen molar-refractivity contribution in [2.45, 2.75) is 25.8 Å². The van der Waals surface area contributed by atoms with Crippen molar-refractivity contribution >= 4 is 32.5 Å². The highest BCUT2D eigenvalue weighted by Gasteiger charge is 2.20. The van der Waals surface area contributed by atoms with E-state index >= 15 is 0 Å². The third-order valence-electron chi connectivity index (χ3n) is 4.66. The maximum atomic E-state index is 11.6. The fraction of sp³-hybridized carbons (Fsp3) is 0.333. The topological polar surface area (TPSA) is 134 Å². The number of aromatic nitrogens is 2. The standard InChI is InChI=1S/C21H24N4O6S/c1-15(16-8-4-3-5-9-16)24-21-17-12-19(25(26)27)20(13-18(17)22-14-23-21)30-10-6-7-11-31-32(2,28)29/h3-5,8-9,12-15H,6-7,10-11H2,1-2H3,(H,22,23,24). The van der Waals surface area contributed by atoms with Gasteiger partial charge in [0.2, 0.25) is 0 Å². The van der Waals surface area contributed by atoms with Gasteiger partial charge in [0.25, 0.3) is 10.1 Å². The lowest BCUT2D eigenvalue weighted by molar-refractivity contribution is -0.385. The second-order valence-corrected chi connectivity index (χ2v) is 8.82. The first kappa shape index (κ1) is 23.4. The van der Waals surface area contributed by atoms with E-state index in [9.17, 15) is 18.5 Å². The number of nitrogens with one attached hydrogen (secondary N) is 1. The van der Waals surface area contributed by atoms with Gasteiger partial charge >= 0.3 is 5.69 Å². The van der Waals surface area contributed by atoms with Gasteiger partial charge in [-0.3, -0.25) is 14.3 Å². The zero-order valence-corrected chi connectivity index (χ0v) is 18.5. The Morgan fingerprint density at radius 3 is 2.53 bits per heavy atom. The molecular weight excluding hydrogens is 436 g/mol. The van der Waals surface area contributed by atoms with Crippen LogP contribution >= 0.6 is 0 Å². The van der Waals surface area contributed by atoms with Gasteiger partial charge in [-0.05, 0) is 25.3 Å². The van der Waals surface area contributed by atoms with Crippen molar-refractivity contribution in [3.05, 3.63) is 64.5 Å². The summed E-state index contributed by atoms with van der Waals surface area (Å²) in [6.07, 6.45) is 3.27. The van der Waals surface area contributed by atoms with Gasteiger partial charge in [0.05, 0.1) is 29.9 Å². The van der Waals surface area contributed by atoms with Crippen LogP contribution in [0.15, 0.2) is 48.8 Å². The molecule has 2 aromatic carbocycles. The van der Waals surface area contributed by atoms with Gasteiger partial charge in [-0.1, -0.05) is 30.3 Å². The second kappa shape index (κ2) is 10.3. The van der Waals surface area contributed by atoms with Crippen LogP contribution in [-0.2, 0) is 14.3 Å². The highest BCUT2D eigenvalue weighted by molar-refractivity contribution is 7.85. The summed E-state index contributed by atoms with van der Waals surface area (Å²) in [5.74, 6) is 0.575. The molecule has 1 N–H and O–H groups in total. The average Bonchev–Trinajstić information content (AvgIpc) is 2.75. The third kappa shape index (κ3) is 6.34. The first-order valence-corrected chi connectivity index (χ1v) is 11.8. The van der Waals surface area contributed by atoms with E-state index in [2.05, 4.69) is 19.5 Å². The zero-order chi connectivity index (χ0) is 23.1. The molecule has 0 fully saturated rings. The van der Waals surface area contributed by atoms with Crippen LogP contribution in [0.1, 0.15) is 31.4 Å². The smallest absolute Gasteiger partial charge is 0.311 e. The van der Waals surface area contributed by atoms with Crippen molar-refractivity contribution in [3.8, 4) is 5.75 Å². The van der Waals surface area contributed by atoms with Crippen molar-refractivity contribution < 1.29 is 22.3 Å². The Hall–Kier alpha value is -3.31. The van der Waals surface area contributed by atoms with E-state index in [1.54, 1.807) is 0 Å². The predicted octanol–water partition coefficient (Wildman–Crippen LogP) is 3.85. The maximum absolute atomic E-state index is 11.6. The van der Waals surface area contributed by atoms with Crippen molar-refractivity contribution in [2.75, 3.05) is 24.8 Å². The lowest BCUT2D eigenvalue weighted by Gasteiger charge is -2.16. The van der Waals surface area contributed by atoms with E-state index in [4.69, 9.17) is 4.74 Å². The number of nitrogens with zero attached hydrogens (tertiary/aromatic N) is 3.